The molecule has 4 aromatic rings. The minimum atomic E-state index is -0.365. The zero-order chi connectivity index (χ0) is 23.9. The summed E-state index contributed by atoms with van der Waals surface area (Å²) < 4.78 is 7.57. The molecule has 0 spiro atoms. The number of carbonyl (C=O) groups is 1. The van der Waals surface area contributed by atoms with Crippen LogP contribution in [0, 0.1) is 0 Å². The topological polar surface area (TPSA) is 73.1 Å². The first-order valence-electron chi connectivity index (χ1n) is 11.2. The molecule has 0 fully saturated rings. The summed E-state index contributed by atoms with van der Waals surface area (Å²) >= 11 is 1.39. The molecule has 174 valence electrons. The zero-order valence-electron chi connectivity index (χ0n) is 19.5. The summed E-state index contributed by atoms with van der Waals surface area (Å²) in [6, 6.07) is 21.3. The van der Waals surface area contributed by atoms with Crippen molar-refractivity contribution in [1.82, 2.24) is 19.7 Å². The van der Waals surface area contributed by atoms with Crippen LogP contribution < -0.4 is 9.64 Å². The normalized spacial score (nSPS) is 11.7. The molecule has 0 aliphatic carbocycles. The molecule has 0 aliphatic rings. The Morgan fingerprint density at radius 1 is 1.00 bits per heavy atom. The number of para-hydroxylation sites is 1. The van der Waals surface area contributed by atoms with E-state index in [2.05, 4.69) is 15.2 Å². The van der Waals surface area contributed by atoms with E-state index in [-0.39, 0.29) is 11.2 Å². The van der Waals surface area contributed by atoms with Gasteiger partial charge in [0.15, 0.2) is 11.0 Å². The van der Waals surface area contributed by atoms with Crippen molar-refractivity contribution < 1.29 is 9.53 Å². The third-order valence-electron chi connectivity index (χ3n) is 5.26. The molecule has 2 aromatic carbocycles. The summed E-state index contributed by atoms with van der Waals surface area (Å²) in [6.07, 6.45) is 3.45. The van der Waals surface area contributed by atoms with E-state index >= 15 is 0 Å². The van der Waals surface area contributed by atoms with Gasteiger partial charge in [-0.3, -0.25) is 14.3 Å². The zero-order valence-corrected chi connectivity index (χ0v) is 20.3. The lowest BCUT2D eigenvalue weighted by Crippen LogP contribution is -2.36. The number of benzene rings is 2. The summed E-state index contributed by atoms with van der Waals surface area (Å²) in [4.78, 5) is 19.2. The van der Waals surface area contributed by atoms with Gasteiger partial charge < -0.3 is 9.64 Å². The van der Waals surface area contributed by atoms with Gasteiger partial charge in [0.25, 0.3) is 0 Å². The van der Waals surface area contributed by atoms with Gasteiger partial charge in [0, 0.05) is 35.9 Å². The average molecular weight is 474 g/mol. The maximum atomic E-state index is 13.3. The highest BCUT2D eigenvalue weighted by Gasteiger charge is 2.25. The van der Waals surface area contributed by atoms with Gasteiger partial charge in [-0.05, 0) is 69.3 Å². The maximum absolute atomic E-state index is 13.3. The van der Waals surface area contributed by atoms with Crippen molar-refractivity contribution in [3.8, 4) is 22.8 Å². The number of aromatic nitrogens is 4. The molecule has 34 heavy (non-hydrogen) atoms. The number of hydrogen-bond acceptors (Lipinski definition) is 6. The highest BCUT2D eigenvalue weighted by Crippen LogP contribution is 2.32. The van der Waals surface area contributed by atoms with Crippen molar-refractivity contribution in [1.29, 1.82) is 0 Å². The van der Waals surface area contributed by atoms with Gasteiger partial charge in [-0.2, -0.15) is 0 Å². The van der Waals surface area contributed by atoms with Gasteiger partial charge >= 0.3 is 0 Å². The molecule has 4 rings (SSSR count). The third-order valence-corrected chi connectivity index (χ3v) is 6.29. The Morgan fingerprint density at radius 3 is 2.35 bits per heavy atom. The molecule has 2 aromatic heterocycles. The SMILES string of the molecule is CCOc1ccc(-n2c(SC(C)C(=O)N(CC)c3ccccc3)nnc2-c2ccncc2)cc1. The molecule has 0 bridgehead atoms. The average Bonchev–Trinajstić information content (AvgIpc) is 3.29. The Hall–Kier alpha value is -3.65. The van der Waals surface area contributed by atoms with E-state index in [4.69, 9.17) is 4.74 Å². The van der Waals surface area contributed by atoms with Crippen molar-refractivity contribution >= 4 is 23.4 Å². The van der Waals surface area contributed by atoms with E-state index in [1.807, 2.05) is 92.1 Å². The molecule has 1 atom stereocenters. The van der Waals surface area contributed by atoms with Gasteiger partial charge in [0.05, 0.1) is 11.9 Å². The van der Waals surface area contributed by atoms with Crippen molar-refractivity contribution in [3.63, 3.8) is 0 Å². The van der Waals surface area contributed by atoms with Gasteiger partial charge in [-0.15, -0.1) is 10.2 Å². The van der Waals surface area contributed by atoms with Crippen LogP contribution in [0.2, 0.25) is 0 Å². The fourth-order valence-electron chi connectivity index (χ4n) is 3.63. The molecule has 0 saturated heterocycles. The predicted molar refractivity (Wildman–Crippen MR) is 136 cm³/mol. The lowest BCUT2D eigenvalue weighted by atomic mass is 10.2. The Morgan fingerprint density at radius 2 is 1.71 bits per heavy atom. The maximum Gasteiger partial charge on any atom is 0.240 e. The van der Waals surface area contributed by atoms with E-state index in [0.717, 1.165) is 22.7 Å². The van der Waals surface area contributed by atoms with Crippen LogP contribution in [-0.4, -0.2) is 44.1 Å². The van der Waals surface area contributed by atoms with E-state index in [1.165, 1.54) is 11.8 Å². The molecule has 7 nitrogen and oxygen atoms in total. The fourth-order valence-corrected chi connectivity index (χ4v) is 4.56. The van der Waals surface area contributed by atoms with Crippen LogP contribution in [0.1, 0.15) is 20.8 Å². The highest BCUT2D eigenvalue weighted by atomic mass is 32.2. The van der Waals surface area contributed by atoms with Crippen molar-refractivity contribution in [2.75, 3.05) is 18.1 Å². The second-order valence-electron chi connectivity index (χ2n) is 7.48. The number of ether oxygens (including phenoxy) is 1. The number of nitrogens with zero attached hydrogens (tertiary/aromatic N) is 5. The van der Waals surface area contributed by atoms with E-state index in [0.29, 0.717) is 24.1 Å². The van der Waals surface area contributed by atoms with E-state index < -0.39 is 0 Å². The summed E-state index contributed by atoms with van der Waals surface area (Å²) in [5.74, 6) is 1.50. The monoisotopic (exact) mass is 473 g/mol. The van der Waals surface area contributed by atoms with Crippen molar-refractivity contribution in [2.45, 2.75) is 31.2 Å². The smallest absolute Gasteiger partial charge is 0.240 e. The Bertz CT molecular complexity index is 1210. The summed E-state index contributed by atoms with van der Waals surface area (Å²) in [6.45, 7) is 7.03. The quantitative estimate of drug-likeness (QED) is 0.309. The fraction of sp³-hybridized carbons (Fsp3) is 0.231. The Balaban J connectivity index is 1.67. The number of pyridine rings is 1. The van der Waals surface area contributed by atoms with Crippen LogP contribution in [0.5, 0.6) is 5.75 Å². The predicted octanol–water partition coefficient (Wildman–Crippen LogP) is 5.26. The molecule has 0 aliphatic heterocycles. The molecule has 1 amide bonds. The summed E-state index contributed by atoms with van der Waals surface area (Å²) in [7, 11) is 0. The molecule has 2 heterocycles. The van der Waals surface area contributed by atoms with Crippen LogP contribution >= 0.6 is 11.8 Å². The molecule has 0 radical (unpaired) electrons. The minimum Gasteiger partial charge on any atom is -0.494 e. The van der Waals surface area contributed by atoms with Crippen LogP contribution in [-0.2, 0) is 4.79 Å². The van der Waals surface area contributed by atoms with Crippen LogP contribution in [0.25, 0.3) is 17.1 Å². The van der Waals surface area contributed by atoms with Gasteiger partial charge in [0.1, 0.15) is 5.75 Å². The van der Waals surface area contributed by atoms with Gasteiger partial charge in [0.2, 0.25) is 5.91 Å². The van der Waals surface area contributed by atoms with Crippen molar-refractivity contribution in [3.05, 3.63) is 79.1 Å². The van der Waals surface area contributed by atoms with E-state index in [1.54, 1.807) is 17.3 Å². The molecule has 8 heteroatoms. The number of anilines is 1. The van der Waals surface area contributed by atoms with Crippen molar-refractivity contribution in [2.24, 2.45) is 0 Å². The highest BCUT2D eigenvalue weighted by molar-refractivity contribution is 8.00. The number of amides is 1. The first kappa shape index (κ1) is 23.5. The number of hydrogen-bond donors (Lipinski definition) is 0. The minimum absolute atomic E-state index is 0.0189. The number of carbonyl (C=O) groups excluding carboxylic acids is 1. The standard InChI is InChI=1S/C26H27N5O2S/c1-4-30(21-9-7-6-8-10-21)25(32)19(3)34-26-29-28-24(20-15-17-27-18-16-20)31(26)22-11-13-23(14-12-22)33-5-2/h6-19H,4-5H2,1-3H3. The molecule has 1 unspecified atom stereocenters. The van der Waals surface area contributed by atoms with Crippen LogP contribution in [0.15, 0.2) is 84.3 Å². The Labute approximate surface area is 203 Å². The van der Waals surface area contributed by atoms with Gasteiger partial charge in [-0.1, -0.05) is 30.0 Å². The molecule has 0 saturated carbocycles. The summed E-state index contributed by atoms with van der Waals surface area (Å²) in [5.41, 5.74) is 2.66. The lowest BCUT2D eigenvalue weighted by molar-refractivity contribution is -0.117. The van der Waals surface area contributed by atoms with E-state index in [9.17, 15) is 4.79 Å². The third kappa shape index (κ3) is 5.12. The first-order chi connectivity index (χ1) is 16.6. The van der Waals surface area contributed by atoms with Gasteiger partial charge in [-0.25, -0.2) is 0 Å². The van der Waals surface area contributed by atoms with Crippen LogP contribution in [0.4, 0.5) is 5.69 Å². The Kier molecular flexibility index (Phi) is 7.59. The number of thioether (sulfide) groups is 1. The summed E-state index contributed by atoms with van der Waals surface area (Å²) in [5, 5.41) is 9.20. The first-order valence-corrected chi connectivity index (χ1v) is 12.1. The molecular formula is C26H27N5O2S. The molecule has 0 N–H and O–H groups in total. The number of rotatable bonds is 9. The van der Waals surface area contributed by atoms with Crippen LogP contribution in [0.3, 0.4) is 0 Å². The second-order valence-corrected chi connectivity index (χ2v) is 8.79. The lowest BCUT2D eigenvalue weighted by Gasteiger charge is -2.24. The molecular weight excluding hydrogens is 446 g/mol. The second kappa shape index (κ2) is 11.0. The largest absolute Gasteiger partial charge is 0.494 e.